The number of anilines is 1. The highest BCUT2D eigenvalue weighted by Crippen LogP contribution is 2.59. The first kappa shape index (κ1) is 16.8. The first-order valence-corrected chi connectivity index (χ1v) is 11.3. The smallest absolute Gasteiger partial charge is 0.240 e. The van der Waals surface area contributed by atoms with Crippen molar-refractivity contribution in [2.24, 2.45) is 23.2 Å². The number of nitrogens with one attached hydrogen (secondary N) is 2. The maximum atomic E-state index is 12.9. The summed E-state index contributed by atoms with van der Waals surface area (Å²) in [6.45, 7) is 2.36. The van der Waals surface area contributed by atoms with Gasteiger partial charge in [0.1, 0.15) is 0 Å². The van der Waals surface area contributed by atoms with Crippen LogP contribution in [0.4, 0.5) is 5.69 Å². The predicted molar refractivity (Wildman–Crippen MR) is 99.3 cm³/mol. The Hall–Kier alpha value is -1.40. The van der Waals surface area contributed by atoms with E-state index in [1.165, 1.54) is 38.5 Å². The number of amides is 1. The number of rotatable bonds is 4. The first-order chi connectivity index (χ1) is 12.3. The zero-order valence-corrected chi connectivity index (χ0v) is 15.9. The number of hydrogen-bond acceptors (Lipinski definition) is 3. The van der Waals surface area contributed by atoms with E-state index in [-0.39, 0.29) is 22.1 Å². The minimum atomic E-state index is -3.56. The molecular weight excluding hydrogens is 348 g/mol. The van der Waals surface area contributed by atoms with Crippen LogP contribution in [0.2, 0.25) is 0 Å². The summed E-state index contributed by atoms with van der Waals surface area (Å²) in [4.78, 5) is 12.1. The highest BCUT2D eigenvalue weighted by Gasteiger charge is 2.51. The summed E-state index contributed by atoms with van der Waals surface area (Å²) in [6, 6.07) is 4.95. The zero-order valence-electron chi connectivity index (χ0n) is 15.1. The highest BCUT2D eigenvalue weighted by atomic mass is 32.2. The van der Waals surface area contributed by atoms with Crippen molar-refractivity contribution < 1.29 is 13.2 Å². The average molecular weight is 375 g/mol. The van der Waals surface area contributed by atoms with Gasteiger partial charge < -0.3 is 5.32 Å². The monoisotopic (exact) mass is 374 g/mol. The standard InChI is InChI=1S/C20H26N2O3S/c1-12-17-7-16(2-3-18(17)22-19(12)23)26(24,25)21-11-20-8-13-4-14(9-20)6-15(5-13)10-20/h2-3,7,12-15,21H,4-6,8-11H2,1H3,(H,22,23)/t12-,13?,14?,15?,20?/m1/s1. The van der Waals surface area contributed by atoms with Gasteiger partial charge in [-0.2, -0.15) is 0 Å². The van der Waals surface area contributed by atoms with Gasteiger partial charge in [0.25, 0.3) is 0 Å². The molecule has 26 heavy (non-hydrogen) atoms. The molecule has 4 bridgehead atoms. The Labute approximate surface area is 155 Å². The normalized spacial score (nSPS) is 37.7. The van der Waals surface area contributed by atoms with E-state index in [9.17, 15) is 13.2 Å². The summed E-state index contributed by atoms with van der Waals surface area (Å²) >= 11 is 0. The fraction of sp³-hybridized carbons (Fsp3) is 0.650. The van der Waals surface area contributed by atoms with Crippen LogP contribution in [0, 0.1) is 23.2 Å². The molecule has 0 radical (unpaired) electrons. The summed E-state index contributed by atoms with van der Waals surface area (Å²) < 4.78 is 28.7. The molecule has 5 nitrogen and oxygen atoms in total. The van der Waals surface area contributed by atoms with Crippen molar-refractivity contribution in [2.75, 3.05) is 11.9 Å². The van der Waals surface area contributed by atoms with Gasteiger partial charge in [-0.15, -0.1) is 0 Å². The molecular formula is C20H26N2O3S. The summed E-state index contributed by atoms with van der Waals surface area (Å²) in [7, 11) is -3.56. The molecule has 1 amide bonds. The van der Waals surface area contributed by atoms with Crippen LogP contribution in [0.5, 0.6) is 0 Å². The van der Waals surface area contributed by atoms with Crippen LogP contribution in [-0.2, 0) is 14.8 Å². The SMILES string of the molecule is C[C@H]1C(=O)Nc2ccc(S(=O)(=O)NCC34CC5CC(CC(C5)C3)C4)cc21. The number of fused-ring (bicyclic) bond motifs is 1. The van der Waals surface area contributed by atoms with E-state index in [1.54, 1.807) is 25.1 Å². The van der Waals surface area contributed by atoms with Gasteiger partial charge in [0.15, 0.2) is 0 Å². The first-order valence-electron chi connectivity index (χ1n) is 9.78. The second-order valence-electron chi connectivity index (χ2n) is 9.20. The number of carbonyl (C=O) groups is 1. The molecule has 0 aromatic heterocycles. The lowest BCUT2D eigenvalue weighted by Gasteiger charge is -2.56. The fourth-order valence-electron chi connectivity index (χ4n) is 6.40. The average Bonchev–Trinajstić information content (AvgIpc) is 2.86. The van der Waals surface area contributed by atoms with Crippen molar-refractivity contribution in [3.8, 4) is 0 Å². The van der Waals surface area contributed by atoms with Crippen LogP contribution in [0.1, 0.15) is 56.9 Å². The predicted octanol–water partition coefficient (Wildman–Crippen LogP) is 3.24. The Balaban J connectivity index is 1.35. The van der Waals surface area contributed by atoms with E-state index < -0.39 is 10.0 Å². The molecule has 1 aromatic carbocycles. The Bertz CT molecular complexity index is 842. The van der Waals surface area contributed by atoms with Gasteiger partial charge in [-0.25, -0.2) is 13.1 Å². The lowest BCUT2D eigenvalue weighted by atomic mass is 9.50. The fourth-order valence-corrected chi connectivity index (χ4v) is 7.59. The molecule has 4 aliphatic carbocycles. The number of hydrogen-bond donors (Lipinski definition) is 2. The quantitative estimate of drug-likeness (QED) is 0.849. The maximum absolute atomic E-state index is 12.9. The summed E-state index contributed by atoms with van der Waals surface area (Å²) in [5, 5.41) is 2.79. The third-order valence-corrected chi connectivity index (χ3v) is 8.65. The molecule has 1 atom stereocenters. The van der Waals surface area contributed by atoms with Crippen molar-refractivity contribution in [3.63, 3.8) is 0 Å². The van der Waals surface area contributed by atoms with Gasteiger partial charge in [-0.1, -0.05) is 0 Å². The summed E-state index contributed by atoms with van der Waals surface area (Å²) in [6.07, 6.45) is 7.62. The van der Waals surface area contributed by atoms with Gasteiger partial charge in [-0.3, -0.25) is 4.79 Å². The molecule has 0 saturated heterocycles. The molecule has 0 spiro atoms. The van der Waals surface area contributed by atoms with Crippen LogP contribution in [0.25, 0.3) is 0 Å². The van der Waals surface area contributed by atoms with E-state index in [0.717, 1.165) is 29.0 Å². The highest BCUT2D eigenvalue weighted by molar-refractivity contribution is 7.89. The third-order valence-electron chi connectivity index (χ3n) is 7.25. The van der Waals surface area contributed by atoms with Gasteiger partial charge in [0, 0.05) is 12.2 Å². The molecule has 6 rings (SSSR count). The molecule has 4 fully saturated rings. The van der Waals surface area contributed by atoms with E-state index >= 15 is 0 Å². The molecule has 5 aliphatic rings. The van der Waals surface area contributed by atoms with Crippen LogP contribution < -0.4 is 10.0 Å². The Morgan fingerprint density at radius 2 is 1.73 bits per heavy atom. The Morgan fingerprint density at radius 3 is 2.35 bits per heavy atom. The molecule has 2 N–H and O–H groups in total. The van der Waals surface area contributed by atoms with Gasteiger partial charge in [0.2, 0.25) is 15.9 Å². The second-order valence-corrected chi connectivity index (χ2v) is 11.0. The maximum Gasteiger partial charge on any atom is 0.240 e. The minimum Gasteiger partial charge on any atom is -0.325 e. The Kier molecular flexibility index (Phi) is 3.58. The van der Waals surface area contributed by atoms with E-state index in [0.29, 0.717) is 6.54 Å². The van der Waals surface area contributed by atoms with Crippen LogP contribution in [-0.4, -0.2) is 20.9 Å². The van der Waals surface area contributed by atoms with Crippen LogP contribution >= 0.6 is 0 Å². The summed E-state index contributed by atoms with van der Waals surface area (Å²) in [5.74, 6) is 2.05. The number of benzene rings is 1. The molecule has 6 heteroatoms. The van der Waals surface area contributed by atoms with Crippen LogP contribution in [0.3, 0.4) is 0 Å². The van der Waals surface area contributed by atoms with Crippen molar-refractivity contribution >= 4 is 21.6 Å². The molecule has 1 aromatic rings. The second kappa shape index (κ2) is 5.55. The zero-order chi connectivity index (χ0) is 18.1. The van der Waals surface area contributed by atoms with E-state index in [1.807, 2.05) is 0 Å². The lowest BCUT2D eigenvalue weighted by Crippen LogP contribution is -2.51. The Morgan fingerprint density at radius 1 is 1.12 bits per heavy atom. The largest absolute Gasteiger partial charge is 0.325 e. The van der Waals surface area contributed by atoms with E-state index in [2.05, 4.69) is 10.0 Å². The van der Waals surface area contributed by atoms with Crippen molar-refractivity contribution in [3.05, 3.63) is 23.8 Å². The van der Waals surface area contributed by atoms with Crippen molar-refractivity contribution in [2.45, 2.75) is 56.3 Å². The number of sulfonamides is 1. The van der Waals surface area contributed by atoms with Gasteiger partial charge >= 0.3 is 0 Å². The third kappa shape index (κ3) is 2.61. The van der Waals surface area contributed by atoms with E-state index in [4.69, 9.17) is 0 Å². The molecule has 0 unspecified atom stereocenters. The van der Waals surface area contributed by atoms with Gasteiger partial charge in [0.05, 0.1) is 10.8 Å². The van der Waals surface area contributed by atoms with Gasteiger partial charge in [-0.05, 0) is 92.4 Å². The molecule has 4 saturated carbocycles. The lowest BCUT2D eigenvalue weighted by molar-refractivity contribution is -0.116. The minimum absolute atomic E-state index is 0.0731. The molecule has 1 heterocycles. The molecule has 1 aliphatic heterocycles. The van der Waals surface area contributed by atoms with Crippen molar-refractivity contribution in [1.82, 2.24) is 4.72 Å². The van der Waals surface area contributed by atoms with Crippen molar-refractivity contribution in [1.29, 1.82) is 0 Å². The summed E-state index contributed by atoms with van der Waals surface area (Å²) in [5.41, 5.74) is 1.67. The van der Waals surface area contributed by atoms with Crippen LogP contribution in [0.15, 0.2) is 23.1 Å². The molecule has 140 valence electrons. The topological polar surface area (TPSA) is 75.3 Å². The number of carbonyl (C=O) groups excluding carboxylic acids is 1.